The number of aromatic nitrogens is 8. The minimum atomic E-state index is -1.93. The van der Waals surface area contributed by atoms with Crippen molar-refractivity contribution in [2.45, 2.75) is 165 Å². The molecule has 0 aromatic carbocycles. The summed E-state index contributed by atoms with van der Waals surface area (Å²) in [6, 6.07) is -15.5. The molecule has 36 heteroatoms. The third kappa shape index (κ3) is 24.7. The number of aromatic amines is 4. The summed E-state index contributed by atoms with van der Waals surface area (Å²) in [4.78, 5) is 165. The van der Waals surface area contributed by atoms with Crippen LogP contribution in [0.25, 0.3) is 0 Å². The van der Waals surface area contributed by atoms with Crippen LogP contribution < -0.4 is 70.4 Å². The van der Waals surface area contributed by atoms with E-state index in [1.165, 1.54) is 43.9 Å². The molecule has 0 aliphatic carbocycles. The minimum Gasteiger partial charge on any atom is -0.480 e. The van der Waals surface area contributed by atoms with Gasteiger partial charge in [-0.2, -0.15) is 0 Å². The molecule has 0 unspecified atom stereocenters. The van der Waals surface area contributed by atoms with Crippen LogP contribution in [-0.4, -0.2) is 218 Å². The van der Waals surface area contributed by atoms with Gasteiger partial charge < -0.3 is 111 Å². The first-order valence-corrected chi connectivity index (χ1v) is 28.7. The molecule has 12 atom stereocenters. The molecule has 4 rings (SSSR count). The van der Waals surface area contributed by atoms with Crippen LogP contribution in [0.1, 0.15) is 89.0 Å². The number of hydrogen-bond acceptors (Lipinski definition) is 20. The highest BCUT2D eigenvalue weighted by Gasteiger charge is 2.38. The normalized spacial score (nSPS) is 15.3. The Morgan fingerprint density at radius 1 is 0.494 bits per heavy atom. The number of aliphatic hydroxyl groups excluding tert-OH is 3. The number of nitrogens with zero attached hydrogens (tertiary/aromatic N) is 4. The minimum absolute atomic E-state index is 0.00327. The molecular weight excluding hydrogens is 1170 g/mol. The molecule has 0 radical (unpaired) electrons. The first-order valence-electron chi connectivity index (χ1n) is 28.7. The molecule has 9 amide bonds. The number of carbonyl (C=O) groups excluding carboxylic acids is 9. The van der Waals surface area contributed by atoms with Crippen LogP contribution in [0.15, 0.2) is 50.1 Å². The van der Waals surface area contributed by atoms with Crippen LogP contribution in [0, 0.1) is 11.3 Å². The quantitative estimate of drug-likeness (QED) is 0.0112. The first-order chi connectivity index (χ1) is 42.3. The zero-order chi connectivity index (χ0) is 65.7. The van der Waals surface area contributed by atoms with Gasteiger partial charge in [0.15, 0.2) is 5.96 Å². The number of nitrogens with two attached hydrogens (primary N) is 3. The average Bonchev–Trinajstić information content (AvgIpc) is 4.55. The lowest BCUT2D eigenvalue weighted by molar-refractivity contribution is -0.143. The summed E-state index contributed by atoms with van der Waals surface area (Å²) < 4.78 is 0. The fourth-order valence-electron chi connectivity index (χ4n) is 8.84. The van der Waals surface area contributed by atoms with Crippen LogP contribution in [0.3, 0.4) is 0 Å². The Morgan fingerprint density at radius 2 is 0.854 bits per heavy atom. The second kappa shape index (κ2) is 36.7. The maximum atomic E-state index is 14.6. The number of carboxylic acid groups (broad SMARTS) is 1. The summed E-state index contributed by atoms with van der Waals surface area (Å²) in [6.45, 7) is 4.82. The molecule has 4 aromatic heterocycles. The molecule has 89 heavy (non-hydrogen) atoms. The van der Waals surface area contributed by atoms with Crippen LogP contribution in [0.5, 0.6) is 0 Å². The number of imidazole rings is 4. The van der Waals surface area contributed by atoms with Gasteiger partial charge in [0.05, 0.1) is 72.9 Å². The highest BCUT2D eigenvalue weighted by molar-refractivity contribution is 5.99. The molecule has 0 saturated heterocycles. The van der Waals surface area contributed by atoms with Crippen LogP contribution in [-0.2, 0) is 73.6 Å². The second-order valence-electron chi connectivity index (χ2n) is 21.5. The highest BCUT2D eigenvalue weighted by Crippen LogP contribution is 2.12. The largest absolute Gasteiger partial charge is 0.480 e. The summed E-state index contributed by atoms with van der Waals surface area (Å²) >= 11 is 0. The fourth-order valence-corrected chi connectivity index (χ4v) is 8.84. The number of guanidine groups is 1. The van der Waals surface area contributed by atoms with Gasteiger partial charge in [-0.05, 0) is 64.8 Å². The third-order valence-corrected chi connectivity index (χ3v) is 13.6. The van der Waals surface area contributed by atoms with Crippen molar-refractivity contribution in [1.82, 2.24) is 93.0 Å². The van der Waals surface area contributed by atoms with E-state index in [2.05, 4.69) is 93.0 Å². The van der Waals surface area contributed by atoms with Gasteiger partial charge in [0.1, 0.15) is 54.4 Å². The van der Waals surface area contributed by atoms with Crippen molar-refractivity contribution < 1.29 is 68.4 Å². The lowest BCUT2D eigenvalue weighted by Crippen LogP contribution is -2.63. The summed E-state index contributed by atoms with van der Waals surface area (Å²) in [7, 11) is 0. The number of nitrogens with one attached hydrogen (secondary N) is 15. The standard InChI is InChI=1S/C53H84N22O14/c1-26(2)12-36(69-47(83)38(15-31-19-60-24-65-31)71-48(84)37(14-30-18-59-23-64-30)70-44(80)34(8-5-6-10-54)67-43(79)33(55)13-29-17-58-22-63-29)46(82)68-35(9-7-11-62-53(56)57)45(81)73-40(21-76)49(85)74-42(28(4)78)51(87)75-41(27(3)77)50(86)72-39(52(88)89)16-32-20-61-25-66-32/h17-20,22-28,33-42,76-78H,5-16,21,54-55H2,1-4H3,(H,58,63)(H,59,64)(H,60,65)(H,61,66)(H,67,79)(H,68,82)(H,69,83)(H,70,80)(H,71,84)(H,72,86)(H,73,81)(H,74,85)(H,75,87)(H,88,89)(H4,56,57,62)/t27-,28-,33+,34+,35+,36+,37+,38+,39+,40+,41+,42+/m1/s1. The first kappa shape index (κ1) is 72.1. The molecule has 0 aliphatic heterocycles. The van der Waals surface area contributed by atoms with Crippen LogP contribution in [0.4, 0.5) is 0 Å². The number of carboxylic acids is 1. The third-order valence-electron chi connectivity index (χ3n) is 13.6. The van der Waals surface area contributed by atoms with E-state index in [-0.39, 0.29) is 75.2 Å². The molecule has 25 N–H and O–H groups in total. The van der Waals surface area contributed by atoms with Gasteiger partial charge in [0.25, 0.3) is 0 Å². The number of unbranched alkanes of at least 4 members (excludes halogenated alkanes) is 1. The summed E-state index contributed by atoms with van der Waals surface area (Å²) in [6.07, 6.45) is 7.96. The van der Waals surface area contributed by atoms with Crippen molar-refractivity contribution in [3.63, 3.8) is 0 Å². The zero-order valence-corrected chi connectivity index (χ0v) is 49.7. The molecular formula is C53H84N22O14. The van der Waals surface area contributed by atoms with Gasteiger partial charge >= 0.3 is 5.97 Å². The van der Waals surface area contributed by atoms with Crippen LogP contribution >= 0.6 is 0 Å². The fraction of sp³-hybridized carbons (Fsp3) is 0.566. The second-order valence-corrected chi connectivity index (χ2v) is 21.5. The SMILES string of the molecule is CC(C)C[C@H](NC(=O)[C@H](Cc1c[nH]cn1)NC(=O)[C@H](Cc1c[nH]cn1)NC(=O)[C@H](CCCCN)NC(=O)[C@@H](N)Cc1c[nH]cn1)C(=O)N[C@@H](CCCNC(=N)N)C(=O)N[C@@H](CO)C(=O)N[C@H](C(=O)N[C@H](C(=O)N[C@@H](Cc1c[nH]cn1)C(=O)O)[C@@H](C)O)[C@@H](C)O. The number of H-pyrrole nitrogens is 4. The number of carbonyl (C=O) groups is 10. The van der Waals surface area contributed by atoms with Crippen molar-refractivity contribution in [3.8, 4) is 0 Å². The average molecular weight is 1250 g/mol. The Labute approximate surface area is 510 Å². The molecule has 0 aliphatic rings. The van der Waals surface area contributed by atoms with Crippen molar-refractivity contribution in [3.05, 3.63) is 72.9 Å². The van der Waals surface area contributed by atoms with Gasteiger partial charge in [0.2, 0.25) is 53.2 Å². The number of hydrogen-bond donors (Lipinski definition) is 22. The zero-order valence-electron chi connectivity index (χ0n) is 49.7. The van der Waals surface area contributed by atoms with Crippen molar-refractivity contribution in [1.29, 1.82) is 5.41 Å². The van der Waals surface area contributed by atoms with Gasteiger partial charge in [-0.1, -0.05) is 13.8 Å². The summed E-state index contributed by atoms with van der Waals surface area (Å²) in [5, 5.41) is 73.6. The predicted octanol–water partition coefficient (Wildman–Crippen LogP) is -7.18. The molecule has 36 nitrogen and oxygen atoms in total. The van der Waals surface area contributed by atoms with E-state index in [1.54, 1.807) is 20.0 Å². The van der Waals surface area contributed by atoms with Gasteiger partial charge in [0, 0.05) is 57.0 Å². The lowest BCUT2D eigenvalue weighted by atomic mass is 10.0. The molecule has 4 heterocycles. The monoisotopic (exact) mass is 1250 g/mol. The lowest BCUT2D eigenvalue weighted by Gasteiger charge is -2.29. The maximum absolute atomic E-state index is 14.6. The van der Waals surface area contributed by atoms with E-state index >= 15 is 0 Å². The van der Waals surface area contributed by atoms with E-state index in [0.717, 1.165) is 13.8 Å². The number of amides is 9. The molecule has 0 fully saturated rings. The number of aliphatic hydroxyl groups is 3. The number of rotatable bonds is 40. The van der Waals surface area contributed by atoms with Crippen molar-refractivity contribution in [2.75, 3.05) is 19.7 Å². The topological polar surface area (TPSA) is 589 Å². The summed E-state index contributed by atoms with van der Waals surface area (Å²) in [5.41, 5.74) is 18.8. The Kier molecular flexibility index (Phi) is 29.7. The van der Waals surface area contributed by atoms with Crippen molar-refractivity contribution >= 4 is 65.1 Å². The highest BCUT2D eigenvalue weighted by atomic mass is 16.4. The van der Waals surface area contributed by atoms with E-state index in [0.29, 0.717) is 30.8 Å². The molecule has 0 bridgehead atoms. The Bertz CT molecular complexity index is 2890. The molecule has 0 spiro atoms. The van der Waals surface area contributed by atoms with Gasteiger partial charge in [-0.15, -0.1) is 0 Å². The van der Waals surface area contributed by atoms with Gasteiger partial charge in [-0.3, -0.25) is 48.6 Å². The summed E-state index contributed by atoms with van der Waals surface area (Å²) in [5.74, 6) is -11.1. The Morgan fingerprint density at radius 3 is 1.27 bits per heavy atom. The smallest absolute Gasteiger partial charge is 0.326 e. The van der Waals surface area contributed by atoms with Crippen LogP contribution in [0.2, 0.25) is 0 Å². The van der Waals surface area contributed by atoms with E-state index < -0.39 is 144 Å². The van der Waals surface area contributed by atoms with E-state index in [1.807, 2.05) is 0 Å². The number of aliphatic carboxylic acids is 1. The Balaban J connectivity index is 1.55. The maximum Gasteiger partial charge on any atom is 0.326 e. The predicted molar refractivity (Wildman–Crippen MR) is 314 cm³/mol. The van der Waals surface area contributed by atoms with Crippen molar-refractivity contribution in [2.24, 2.45) is 23.1 Å². The van der Waals surface area contributed by atoms with E-state index in [9.17, 15) is 68.4 Å². The van der Waals surface area contributed by atoms with E-state index in [4.69, 9.17) is 22.6 Å². The van der Waals surface area contributed by atoms with Gasteiger partial charge in [-0.25, -0.2) is 24.7 Å². The Hall–Kier alpha value is -9.39. The molecule has 0 saturated carbocycles. The molecule has 490 valence electrons. The molecule has 4 aromatic rings.